The number of benzene rings is 4. The summed E-state index contributed by atoms with van der Waals surface area (Å²) in [4.78, 5) is 0. The van der Waals surface area contributed by atoms with E-state index in [1.807, 2.05) is 60.7 Å². The van der Waals surface area contributed by atoms with Gasteiger partial charge in [0.15, 0.2) is 0 Å². The topological polar surface area (TPSA) is 43.8 Å². The van der Waals surface area contributed by atoms with Crippen LogP contribution in [-0.4, -0.2) is 4.70 Å². The molecule has 0 aliphatic carbocycles. The summed E-state index contributed by atoms with van der Waals surface area (Å²) in [6, 6.07) is 33.6. The normalized spacial score (nSPS) is 12.0. The van der Waals surface area contributed by atoms with Gasteiger partial charge in [0.05, 0.1) is 11.1 Å². The number of nitrogens with zero attached hydrogens (tertiary/aromatic N) is 2. The maximum atomic E-state index is 12.8. The zero-order chi connectivity index (χ0) is 73.7. The molecule has 0 aromatic heterocycles. The Hall–Kier alpha value is -4.92. The van der Waals surface area contributed by atoms with Crippen LogP contribution in [0.3, 0.4) is 0 Å². The molecule has 582 valence electrons. The fourth-order valence-electron chi connectivity index (χ4n) is 14.5. The fourth-order valence-corrected chi connectivity index (χ4v) is 15.3. The fraction of sp³-hybridized carbons (Fsp3) is 0.657. The first kappa shape index (κ1) is 91.5. The number of unbranched alkanes of at least 4 members (excludes halogenated alkanes) is 49. The molecule has 1 aliphatic heterocycles. The second-order valence-corrected chi connectivity index (χ2v) is 31.5. The van der Waals surface area contributed by atoms with Crippen molar-refractivity contribution in [2.24, 2.45) is 0 Å². The van der Waals surface area contributed by atoms with Crippen molar-refractivity contribution in [1.29, 1.82) is 0 Å². The quantitative estimate of drug-likeness (QED) is 0.0191. The summed E-state index contributed by atoms with van der Waals surface area (Å²) >= 11 is -0.207. The van der Waals surface area contributed by atoms with E-state index in [4.69, 9.17) is 6.92 Å². The van der Waals surface area contributed by atoms with Crippen LogP contribution in [0.1, 0.15) is 428 Å². The van der Waals surface area contributed by atoms with Gasteiger partial charge in [0, 0.05) is 37.3 Å². The van der Waals surface area contributed by atoms with Gasteiger partial charge in [0.1, 0.15) is 0 Å². The molecule has 5 heteroatoms. The minimum atomic E-state index is -0.207. The summed E-state index contributed by atoms with van der Waals surface area (Å²) in [6.45, 7) is 11.5. The van der Waals surface area contributed by atoms with Gasteiger partial charge in [-0.15, -0.1) is 23.7 Å². The molecule has 4 nitrogen and oxygen atoms in total. The van der Waals surface area contributed by atoms with Crippen LogP contribution in [-0.2, 0) is 44.4 Å². The summed E-state index contributed by atoms with van der Waals surface area (Å²) in [5, 5.41) is 0. The van der Waals surface area contributed by atoms with E-state index >= 15 is 0 Å². The van der Waals surface area contributed by atoms with Crippen molar-refractivity contribution in [3.8, 4) is 35.2 Å². The first-order valence-corrected chi connectivity index (χ1v) is 45.6. The zero-order valence-electron chi connectivity index (χ0n) is 67.9. The van der Waals surface area contributed by atoms with Crippen molar-refractivity contribution in [2.45, 2.75) is 420 Å². The van der Waals surface area contributed by atoms with Crippen molar-refractivity contribution in [2.75, 3.05) is 0 Å². The van der Waals surface area contributed by atoms with E-state index < -0.39 is 0 Å². The van der Waals surface area contributed by atoms with Crippen LogP contribution in [0.15, 0.2) is 121 Å². The Kier molecular flexibility index (Phi) is 59.3. The van der Waals surface area contributed by atoms with Crippen LogP contribution in [0.4, 0.5) is 0 Å². The van der Waals surface area contributed by atoms with Crippen LogP contribution in [0, 0.1) is 23.7 Å². The molecule has 0 unspecified atom stereocenters. The van der Waals surface area contributed by atoms with Crippen LogP contribution in [0.5, 0.6) is 11.5 Å². The second-order valence-electron chi connectivity index (χ2n) is 30.6. The molecule has 0 atom stereocenters. The van der Waals surface area contributed by atoms with Crippen molar-refractivity contribution in [1.82, 2.24) is 0 Å². The third kappa shape index (κ3) is 47.0. The van der Waals surface area contributed by atoms with E-state index in [-0.39, 0.29) is 18.7 Å². The zero-order valence-corrected chi connectivity index (χ0v) is 69.5. The Labute approximate surface area is 652 Å². The average molecular weight is 1510 g/mol. The molecule has 1 aliphatic rings. The van der Waals surface area contributed by atoms with E-state index in [0.717, 1.165) is 91.8 Å². The summed E-state index contributed by atoms with van der Waals surface area (Å²) < 4.78 is 12.5. The molecule has 0 amide bonds. The van der Waals surface area contributed by atoms with Gasteiger partial charge in [0.2, 0.25) is 11.4 Å². The Morgan fingerprint density at radius 3 is 1.00 bits per heavy atom. The molecule has 5 rings (SSSR count). The van der Waals surface area contributed by atoms with Crippen LogP contribution >= 0.6 is 0 Å². The van der Waals surface area contributed by atoms with Gasteiger partial charge in [-0.25, -0.2) is 4.70 Å². The molecule has 0 fully saturated rings. The Bertz CT molecular complexity index is 2870. The number of para-hydroxylation sites is 2. The van der Waals surface area contributed by atoms with E-state index in [1.54, 1.807) is 4.70 Å². The molecule has 1 heterocycles. The number of aryl methyl sites for hydroxylation is 4. The van der Waals surface area contributed by atoms with Gasteiger partial charge >= 0.3 is 97.8 Å². The van der Waals surface area contributed by atoms with Crippen LogP contribution in [0.2, 0.25) is 0 Å². The van der Waals surface area contributed by atoms with Gasteiger partial charge in [0.25, 0.3) is 0 Å². The molecular formula is C99H154N2O2Pd. The first-order valence-electron chi connectivity index (χ1n) is 44.3. The van der Waals surface area contributed by atoms with Crippen molar-refractivity contribution < 1.29 is 30.3 Å². The van der Waals surface area contributed by atoms with E-state index in [2.05, 4.69) is 113 Å². The second kappa shape index (κ2) is 67.4. The standard InChI is InChI=1S/C87H144N2.2C6H6O.Pd/c1-6-11-16-21-23-25-27-29-31-33-35-37-39-41-43-45-47-49-51-53-55-57-60-64-69-81-74-72-79(67-62-19-14-9-4)76-84(81)86-78-83(71-66-59-18-13-8-3)87(89(86)88)85-77-80(68-63-20-15-10-5)73-75-82(85)70-65-61-58-56-54-52-50-48-46-44-42-40-38-36-34-32-30-28-26-24-22-17-12-7-2;2*7-6-4-2-1-3-5-6;/h66,71-78H,6-56,59,62-65,67-70H2,1-5H3;2*1-5,7H;/q;;;+2/p-2. The molecule has 4 aromatic carbocycles. The summed E-state index contributed by atoms with van der Waals surface area (Å²) in [5.74, 6) is 16.0. The first-order chi connectivity index (χ1) is 51.5. The number of hydrogen-bond acceptors (Lipinski definition) is 2. The summed E-state index contributed by atoms with van der Waals surface area (Å²) in [7, 11) is 0. The molecule has 104 heavy (non-hydrogen) atoms. The number of hydrogen-bond donors (Lipinski definition) is 0. The van der Waals surface area contributed by atoms with E-state index in [1.165, 1.54) is 355 Å². The van der Waals surface area contributed by atoms with Crippen molar-refractivity contribution in [3.63, 3.8) is 0 Å². The molecule has 0 radical (unpaired) electrons. The van der Waals surface area contributed by atoms with Gasteiger partial charge in [-0.2, -0.15) is 0 Å². The monoisotopic (exact) mass is 1510 g/mol. The predicted octanol–water partition coefficient (Wildman–Crippen LogP) is 32.2. The third-order valence-electron chi connectivity index (χ3n) is 21.1. The molecule has 0 spiro atoms. The number of rotatable bonds is 65. The average Bonchev–Trinajstić information content (AvgIpc) is 1.61. The number of allylic oxidation sites excluding steroid dienone is 4. The molecule has 4 aromatic rings. The van der Waals surface area contributed by atoms with Gasteiger partial charge < -0.3 is 5.53 Å². The minimum absolute atomic E-state index is 0.207. The Balaban J connectivity index is 0.00000134. The predicted molar refractivity (Wildman–Crippen MR) is 452 cm³/mol. The molecule has 0 bridgehead atoms. The Morgan fingerprint density at radius 1 is 0.327 bits per heavy atom. The van der Waals surface area contributed by atoms with Gasteiger partial charge in [-0.1, -0.05) is 366 Å². The molecule has 0 N–H and O–H groups in total. The van der Waals surface area contributed by atoms with Crippen molar-refractivity contribution in [3.05, 3.63) is 160 Å². The SMILES string of the molecule is CCCCCC=CC1=C(c2cc(CCCCCC)ccc2CCC#CCCCCCCCCCCCCCCCCCCCCCC)[N+](=[N-])C(c2cc(CCCCCC)ccc2CCC#CCCCCCCCCCCCCCCCCCCCCCC)=C1.c1ccc([O][Pd][O]c2ccccc2)cc1. The van der Waals surface area contributed by atoms with Crippen LogP contribution < -0.4 is 6.92 Å². The van der Waals surface area contributed by atoms with E-state index in [9.17, 15) is 5.53 Å². The summed E-state index contributed by atoms with van der Waals surface area (Å²) in [6.07, 6.45) is 85.8. The van der Waals surface area contributed by atoms with Gasteiger partial charge in [-0.3, -0.25) is 0 Å². The Morgan fingerprint density at radius 2 is 0.635 bits per heavy atom. The van der Waals surface area contributed by atoms with Crippen molar-refractivity contribution >= 4 is 11.4 Å². The molecular weight excluding hydrogens is 1360 g/mol. The molecule has 0 saturated carbocycles. The summed E-state index contributed by atoms with van der Waals surface area (Å²) in [5.41, 5.74) is 23.4. The third-order valence-corrected chi connectivity index (χ3v) is 22.1. The van der Waals surface area contributed by atoms with E-state index in [0.29, 0.717) is 0 Å². The maximum absolute atomic E-state index is 12.8. The molecule has 0 saturated heterocycles. The van der Waals surface area contributed by atoms with Crippen LogP contribution in [0.25, 0.3) is 16.9 Å². The van der Waals surface area contributed by atoms with Gasteiger partial charge in [-0.05, 0) is 98.6 Å².